The molecular formula is C29H31ClFN3O2. The molecule has 1 saturated heterocycles. The van der Waals surface area contributed by atoms with Gasteiger partial charge in [-0.3, -0.25) is 4.98 Å². The third kappa shape index (κ3) is 4.24. The van der Waals surface area contributed by atoms with Gasteiger partial charge >= 0.3 is 0 Å². The van der Waals surface area contributed by atoms with E-state index in [1.54, 1.807) is 6.07 Å². The van der Waals surface area contributed by atoms with Crippen LogP contribution in [0.2, 0.25) is 5.02 Å². The molecule has 0 amide bonds. The quantitative estimate of drug-likeness (QED) is 0.375. The number of aromatic hydroxyl groups is 1. The second kappa shape index (κ2) is 9.31. The van der Waals surface area contributed by atoms with Crippen molar-refractivity contribution in [1.29, 1.82) is 0 Å². The lowest BCUT2D eigenvalue weighted by Crippen LogP contribution is -2.39. The molecule has 0 unspecified atom stereocenters. The molecule has 3 fully saturated rings. The van der Waals surface area contributed by atoms with Crippen molar-refractivity contribution in [1.82, 2.24) is 9.88 Å². The molecule has 2 aromatic carbocycles. The first-order valence-electron chi connectivity index (χ1n) is 13.1. The Hall–Kier alpha value is -2.70. The van der Waals surface area contributed by atoms with Gasteiger partial charge in [-0.15, -0.1) is 0 Å². The van der Waals surface area contributed by atoms with Crippen molar-refractivity contribution < 1.29 is 14.3 Å². The van der Waals surface area contributed by atoms with Crippen molar-refractivity contribution in [3.63, 3.8) is 0 Å². The number of aldehydes is 1. The van der Waals surface area contributed by atoms with Crippen LogP contribution in [0.5, 0.6) is 5.75 Å². The number of benzene rings is 2. The Labute approximate surface area is 215 Å². The number of rotatable bonds is 6. The Balaban J connectivity index is 1.37. The summed E-state index contributed by atoms with van der Waals surface area (Å²) >= 11 is 6.06. The van der Waals surface area contributed by atoms with Crippen LogP contribution in [0.1, 0.15) is 56.9 Å². The lowest BCUT2D eigenvalue weighted by Gasteiger charge is -2.35. The molecule has 7 heteroatoms. The highest BCUT2D eigenvalue weighted by Crippen LogP contribution is 2.50. The van der Waals surface area contributed by atoms with Crippen LogP contribution in [0.3, 0.4) is 0 Å². The summed E-state index contributed by atoms with van der Waals surface area (Å²) in [4.78, 5) is 19.5. The molecule has 6 rings (SSSR count). The number of aromatic nitrogens is 1. The molecule has 0 spiro atoms. The highest BCUT2D eigenvalue weighted by Gasteiger charge is 2.46. The third-order valence-electron chi connectivity index (χ3n) is 8.47. The summed E-state index contributed by atoms with van der Waals surface area (Å²) in [6, 6.07) is 9.67. The molecule has 5 nitrogen and oxygen atoms in total. The number of carbonyl (C=O) groups is 1. The predicted octanol–water partition coefficient (Wildman–Crippen LogP) is 6.45. The first-order valence-corrected chi connectivity index (χ1v) is 13.4. The number of nitrogens with one attached hydrogen (secondary N) is 1. The number of hydrogen-bond acceptors (Lipinski definition) is 5. The van der Waals surface area contributed by atoms with Crippen LogP contribution >= 0.6 is 11.6 Å². The van der Waals surface area contributed by atoms with Gasteiger partial charge in [0.2, 0.25) is 0 Å². The summed E-state index contributed by atoms with van der Waals surface area (Å²) in [5.41, 5.74) is 3.64. The Morgan fingerprint density at radius 1 is 1.08 bits per heavy atom. The Morgan fingerprint density at radius 2 is 1.83 bits per heavy atom. The van der Waals surface area contributed by atoms with Crippen LogP contribution < -0.4 is 5.32 Å². The molecule has 3 aromatic rings. The van der Waals surface area contributed by atoms with Gasteiger partial charge in [-0.1, -0.05) is 17.7 Å². The summed E-state index contributed by atoms with van der Waals surface area (Å²) in [5, 5.41) is 14.5. The number of phenolic OH excluding ortho intramolecular Hbond substituents is 1. The molecule has 3 aliphatic rings. The molecule has 0 atom stereocenters. The second-order valence-corrected chi connectivity index (χ2v) is 11.1. The van der Waals surface area contributed by atoms with E-state index in [1.807, 2.05) is 24.4 Å². The monoisotopic (exact) mass is 507 g/mol. The van der Waals surface area contributed by atoms with Crippen molar-refractivity contribution in [3.8, 4) is 16.9 Å². The largest absolute Gasteiger partial charge is 0.504 e. The molecule has 2 aliphatic carbocycles. The van der Waals surface area contributed by atoms with Gasteiger partial charge in [0.05, 0.1) is 16.0 Å². The second-order valence-electron chi connectivity index (χ2n) is 10.7. The fourth-order valence-corrected chi connectivity index (χ4v) is 6.33. The van der Waals surface area contributed by atoms with Crippen molar-refractivity contribution in [2.24, 2.45) is 0 Å². The summed E-state index contributed by atoms with van der Waals surface area (Å²) < 4.78 is 14.2. The van der Waals surface area contributed by atoms with Crippen molar-refractivity contribution in [3.05, 3.63) is 52.9 Å². The molecule has 1 aromatic heterocycles. The standard InChI is InChI=1S/C29H31ClFN3O2/c30-24-14-19(15-25(31)28(24)36)18-3-8-26-22(13-18)27(23(16-32-26)29(17-35)9-10-29)33-20-4-6-21(7-5-20)34-11-1-2-12-34/h3,8,13-17,20-21,36H,1-2,4-7,9-12H2,(H,32,33)/t20-,21-. The van der Waals surface area contributed by atoms with Gasteiger partial charge in [-0.25, -0.2) is 4.39 Å². The molecule has 2 saturated carbocycles. The molecular weight excluding hydrogens is 477 g/mol. The number of fused-ring (bicyclic) bond motifs is 1. The smallest absolute Gasteiger partial charge is 0.170 e. The van der Waals surface area contributed by atoms with Gasteiger partial charge in [0.25, 0.3) is 0 Å². The van der Waals surface area contributed by atoms with E-state index in [9.17, 15) is 14.3 Å². The lowest BCUT2D eigenvalue weighted by atomic mass is 9.88. The Kier molecular flexibility index (Phi) is 6.12. The van der Waals surface area contributed by atoms with Gasteiger partial charge in [-0.05, 0) is 99.8 Å². The SMILES string of the molecule is O=CC1(c2cnc3ccc(-c4cc(F)c(O)c(Cl)c4)cc3c2N[C@H]2CC[C@H](N3CCCC3)CC2)CC1. The number of likely N-dealkylation sites (tertiary alicyclic amines) is 1. The van der Waals surface area contributed by atoms with E-state index in [-0.39, 0.29) is 5.02 Å². The van der Waals surface area contributed by atoms with E-state index < -0.39 is 17.0 Å². The lowest BCUT2D eigenvalue weighted by molar-refractivity contribution is -0.109. The maximum absolute atomic E-state index is 14.2. The van der Waals surface area contributed by atoms with Gasteiger partial charge in [0.1, 0.15) is 6.29 Å². The van der Waals surface area contributed by atoms with Gasteiger partial charge in [-0.2, -0.15) is 0 Å². The number of phenols is 1. The summed E-state index contributed by atoms with van der Waals surface area (Å²) in [6.07, 6.45) is 11.8. The Morgan fingerprint density at radius 3 is 2.50 bits per heavy atom. The summed E-state index contributed by atoms with van der Waals surface area (Å²) in [6.45, 7) is 2.46. The first kappa shape index (κ1) is 23.7. The van der Waals surface area contributed by atoms with Gasteiger partial charge in [0, 0.05) is 34.9 Å². The van der Waals surface area contributed by atoms with E-state index in [0.717, 1.165) is 59.7 Å². The number of carbonyl (C=O) groups excluding carboxylic acids is 1. The van der Waals surface area contributed by atoms with E-state index in [4.69, 9.17) is 16.6 Å². The summed E-state index contributed by atoms with van der Waals surface area (Å²) in [7, 11) is 0. The normalized spacial score (nSPS) is 23.6. The zero-order chi connectivity index (χ0) is 24.9. The predicted molar refractivity (Wildman–Crippen MR) is 141 cm³/mol. The zero-order valence-electron chi connectivity index (χ0n) is 20.3. The zero-order valence-corrected chi connectivity index (χ0v) is 21.0. The third-order valence-corrected chi connectivity index (χ3v) is 8.76. The topological polar surface area (TPSA) is 65.5 Å². The van der Waals surface area contributed by atoms with Crippen molar-refractivity contribution in [2.45, 2.75) is 68.9 Å². The van der Waals surface area contributed by atoms with Crippen LogP contribution in [0, 0.1) is 5.82 Å². The molecule has 36 heavy (non-hydrogen) atoms. The minimum absolute atomic E-state index is 0.0250. The van der Waals surface area contributed by atoms with Crippen LogP contribution in [0.4, 0.5) is 10.1 Å². The summed E-state index contributed by atoms with van der Waals surface area (Å²) in [5.74, 6) is -1.30. The van der Waals surface area contributed by atoms with Gasteiger partial charge < -0.3 is 20.1 Å². The maximum atomic E-state index is 14.2. The number of pyridine rings is 1. The average molecular weight is 508 g/mol. The average Bonchev–Trinajstić information content (AvgIpc) is 3.50. The number of hydrogen-bond donors (Lipinski definition) is 2. The number of anilines is 1. The maximum Gasteiger partial charge on any atom is 0.170 e. The first-order chi connectivity index (χ1) is 17.5. The highest BCUT2D eigenvalue weighted by atomic mass is 35.5. The van der Waals surface area contributed by atoms with E-state index >= 15 is 0 Å². The molecule has 0 radical (unpaired) electrons. The molecule has 1 aliphatic heterocycles. The number of nitrogens with zero attached hydrogens (tertiary/aromatic N) is 2. The molecule has 2 N–H and O–H groups in total. The van der Waals surface area contributed by atoms with Crippen LogP contribution in [-0.2, 0) is 10.2 Å². The fraction of sp³-hybridized carbons (Fsp3) is 0.448. The van der Waals surface area contributed by atoms with E-state index in [0.29, 0.717) is 17.6 Å². The molecule has 2 heterocycles. The van der Waals surface area contributed by atoms with E-state index in [1.165, 1.54) is 44.8 Å². The van der Waals surface area contributed by atoms with Crippen LogP contribution in [0.25, 0.3) is 22.0 Å². The van der Waals surface area contributed by atoms with E-state index in [2.05, 4.69) is 10.2 Å². The van der Waals surface area contributed by atoms with Crippen LogP contribution in [0.15, 0.2) is 36.5 Å². The minimum Gasteiger partial charge on any atom is -0.504 e. The highest BCUT2D eigenvalue weighted by molar-refractivity contribution is 6.32. The van der Waals surface area contributed by atoms with Gasteiger partial charge in [0.15, 0.2) is 11.6 Å². The van der Waals surface area contributed by atoms with Crippen molar-refractivity contribution >= 4 is 34.5 Å². The van der Waals surface area contributed by atoms with Crippen molar-refractivity contribution in [2.75, 3.05) is 18.4 Å². The fourth-order valence-electron chi connectivity index (χ4n) is 6.12. The molecule has 188 valence electrons. The Bertz CT molecular complexity index is 1290. The number of halogens is 2. The minimum atomic E-state index is -0.754. The molecule has 0 bridgehead atoms. The van der Waals surface area contributed by atoms with Crippen LogP contribution in [-0.4, -0.2) is 46.4 Å².